The van der Waals surface area contributed by atoms with E-state index in [1.54, 1.807) is 0 Å². The van der Waals surface area contributed by atoms with Crippen LogP contribution in [0.4, 0.5) is 0 Å². The summed E-state index contributed by atoms with van der Waals surface area (Å²) in [7, 11) is 0. The molecule has 20 heavy (non-hydrogen) atoms. The normalized spacial score (nSPS) is 14.0. The van der Waals surface area contributed by atoms with Crippen LogP contribution in [0.2, 0.25) is 5.02 Å². The standard InChI is InChI=1S/C17H19BrClN/c1-12(11-14-7-9-15(18)10-8-14)20-13(2)16-5-3-4-6-17(16)19/h3-10,12-13,20H,11H2,1-2H3/t12?,13-/m1/s1. The summed E-state index contributed by atoms with van der Waals surface area (Å²) in [5, 5.41) is 4.43. The molecule has 0 radical (unpaired) electrons. The molecule has 2 aromatic rings. The van der Waals surface area contributed by atoms with E-state index in [4.69, 9.17) is 11.6 Å². The Morgan fingerprint density at radius 3 is 2.35 bits per heavy atom. The Balaban J connectivity index is 1.96. The molecule has 1 unspecified atom stereocenters. The summed E-state index contributed by atoms with van der Waals surface area (Å²) in [4.78, 5) is 0. The molecule has 0 fully saturated rings. The van der Waals surface area contributed by atoms with Gasteiger partial charge in [0.05, 0.1) is 0 Å². The van der Waals surface area contributed by atoms with Crippen LogP contribution >= 0.6 is 27.5 Å². The molecule has 0 aromatic heterocycles. The highest BCUT2D eigenvalue weighted by Gasteiger charge is 2.12. The summed E-state index contributed by atoms with van der Waals surface area (Å²) in [6.45, 7) is 4.36. The summed E-state index contributed by atoms with van der Waals surface area (Å²) in [6, 6.07) is 17.1. The topological polar surface area (TPSA) is 12.0 Å². The Morgan fingerprint density at radius 2 is 1.70 bits per heavy atom. The molecule has 2 aromatic carbocycles. The van der Waals surface area contributed by atoms with Crippen LogP contribution in [0.1, 0.15) is 31.0 Å². The number of nitrogens with one attached hydrogen (secondary N) is 1. The van der Waals surface area contributed by atoms with Crippen molar-refractivity contribution in [2.45, 2.75) is 32.4 Å². The molecule has 2 atom stereocenters. The van der Waals surface area contributed by atoms with Gasteiger partial charge in [-0.15, -0.1) is 0 Å². The first-order chi connectivity index (χ1) is 9.56. The molecule has 1 N–H and O–H groups in total. The Labute approximate surface area is 134 Å². The van der Waals surface area contributed by atoms with Crippen molar-refractivity contribution in [1.29, 1.82) is 0 Å². The number of rotatable bonds is 5. The Bertz CT molecular complexity index is 553. The van der Waals surface area contributed by atoms with Crippen molar-refractivity contribution in [3.05, 3.63) is 69.2 Å². The van der Waals surface area contributed by atoms with Crippen molar-refractivity contribution < 1.29 is 0 Å². The van der Waals surface area contributed by atoms with Crippen LogP contribution in [0.5, 0.6) is 0 Å². The fraction of sp³-hybridized carbons (Fsp3) is 0.294. The molecule has 0 heterocycles. The second-order valence-electron chi connectivity index (χ2n) is 5.14. The van der Waals surface area contributed by atoms with Crippen LogP contribution in [0.25, 0.3) is 0 Å². The molecule has 0 aliphatic carbocycles. The van der Waals surface area contributed by atoms with Crippen LogP contribution in [0.3, 0.4) is 0 Å². The summed E-state index contributed by atoms with van der Waals surface area (Å²) in [5.41, 5.74) is 2.48. The Morgan fingerprint density at radius 1 is 1.05 bits per heavy atom. The maximum absolute atomic E-state index is 6.23. The maximum Gasteiger partial charge on any atom is 0.0453 e. The van der Waals surface area contributed by atoms with E-state index in [1.807, 2.05) is 18.2 Å². The van der Waals surface area contributed by atoms with Gasteiger partial charge >= 0.3 is 0 Å². The molecule has 0 aliphatic rings. The highest BCUT2D eigenvalue weighted by Crippen LogP contribution is 2.23. The van der Waals surface area contributed by atoms with Gasteiger partial charge in [-0.1, -0.05) is 57.9 Å². The zero-order chi connectivity index (χ0) is 14.5. The monoisotopic (exact) mass is 351 g/mol. The first kappa shape index (κ1) is 15.6. The molecule has 0 spiro atoms. The van der Waals surface area contributed by atoms with Crippen LogP contribution < -0.4 is 5.32 Å². The van der Waals surface area contributed by atoms with Crippen molar-refractivity contribution in [2.24, 2.45) is 0 Å². The second kappa shape index (κ2) is 7.26. The summed E-state index contributed by atoms with van der Waals surface area (Å²) in [6.07, 6.45) is 1.00. The lowest BCUT2D eigenvalue weighted by atomic mass is 10.0. The lowest BCUT2D eigenvalue weighted by Gasteiger charge is -2.21. The molecule has 2 rings (SSSR count). The SMILES string of the molecule is CC(Cc1ccc(Br)cc1)N[C@H](C)c1ccccc1Cl. The summed E-state index contributed by atoms with van der Waals surface area (Å²) in [5.74, 6) is 0. The zero-order valence-electron chi connectivity index (χ0n) is 11.7. The smallest absolute Gasteiger partial charge is 0.0453 e. The molecule has 0 bridgehead atoms. The van der Waals surface area contributed by atoms with Crippen LogP contribution in [-0.4, -0.2) is 6.04 Å². The molecule has 106 valence electrons. The predicted molar refractivity (Wildman–Crippen MR) is 90.3 cm³/mol. The van der Waals surface area contributed by atoms with Crippen molar-refractivity contribution in [3.8, 4) is 0 Å². The van der Waals surface area contributed by atoms with E-state index in [0.717, 1.165) is 21.5 Å². The van der Waals surface area contributed by atoms with Crippen LogP contribution in [-0.2, 0) is 6.42 Å². The summed E-state index contributed by atoms with van der Waals surface area (Å²) < 4.78 is 1.12. The average Bonchev–Trinajstić information content (AvgIpc) is 2.41. The van der Waals surface area contributed by atoms with E-state index >= 15 is 0 Å². The molecule has 0 saturated carbocycles. The number of hydrogen-bond donors (Lipinski definition) is 1. The highest BCUT2D eigenvalue weighted by atomic mass is 79.9. The van der Waals surface area contributed by atoms with Gasteiger partial charge in [-0.2, -0.15) is 0 Å². The lowest BCUT2D eigenvalue weighted by molar-refractivity contribution is 0.477. The zero-order valence-corrected chi connectivity index (χ0v) is 14.1. The second-order valence-corrected chi connectivity index (χ2v) is 6.46. The molecule has 1 nitrogen and oxygen atoms in total. The third kappa shape index (κ3) is 4.34. The number of benzene rings is 2. The number of halogens is 2. The average molecular weight is 353 g/mol. The minimum Gasteiger partial charge on any atom is -0.307 e. The van der Waals surface area contributed by atoms with E-state index in [9.17, 15) is 0 Å². The predicted octanol–water partition coefficient (Wildman–Crippen LogP) is 5.38. The molecular weight excluding hydrogens is 334 g/mol. The van der Waals surface area contributed by atoms with Gasteiger partial charge in [-0.3, -0.25) is 0 Å². The fourth-order valence-corrected chi connectivity index (χ4v) is 2.94. The molecule has 0 aliphatic heterocycles. The van der Waals surface area contributed by atoms with Crippen molar-refractivity contribution in [1.82, 2.24) is 5.32 Å². The summed E-state index contributed by atoms with van der Waals surface area (Å²) >= 11 is 9.70. The van der Waals surface area contributed by atoms with Gasteiger partial charge in [-0.25, -0.2) is 0 Å². The molecular formula is C17H19BrClN. The fourth-order valence-electron chi connectivity index (χ4n) is 2.38. The van der Waals surface area contributed by atoms with Gasteiger partial charge in [0, 0.05) is 21.6 Å². The highest BCUT2D eigenvalue weighted by molar-refractivity contribution is 9.10. The largest absolute Gasteiger partial charge is 0.307 e. The van der Waals surface area contributed by atoms with E-state index in [0.29, 0.717) is 6.04 Å². The quantitative estimate of drug-likeness (QED) is 0.761. The maximum atomic E-state index is 6.23. The minimum absolute atomic E-state index is 0.245. The van der Waals surface area contributed by atoms with Crippen molar-refractivity contribution in [2.75, 3.05) is 0 Å². The minimum atomic E-state index is 0.245. The van der Waals surface area contributed by atoms with Gasteiger partial charge in [0.15, 0.2) is 0 Å². The van der Waals surface area contributed by atoms with E-state index in [1.165, 1.54) is 5.56 Å². The van der Waals surface area contributed by atoms with Crippen LogP contribution in [0.15, 0.2) is 53.0 Å². The van der Waals surface area contributed by atoms with E-state index in [2.05, 4.69) is 65.4 Å². The molecule has 3 heteroatoms. The van der Waals surface area contributed by atoms with E-state index < -0.39 is 0 Å². The first-order valence-electron chi connectivity index (χ1n) is 6.81. The van der Waals surface area contributed by atoms with Crippen molar-refractivity contribution >= 4 is 27.5 Å². The Kier molecular flexibility index (Phi) is 5.64. The Hall–Kier alpha value is -0.830. The molecule has 0 saturated heterocycles. The van der Waals surface area contributed by atoms with Gasteiger partial charge in [0.25, 0.3) is 0 Å². The van der Waals surface area contributed by atoms with Gasteiger partial charge in [-0.05, 0) is 49.6 Å². The number of hydrogen-bond acceptors (Lipinski definition) is 1. The lowest BCUT2D eigenvalue weighted by Crippen LogP contribution is -2.30. The van der Waals surface area contributed by atoms with Gasteiger partial charge in [0.1, 0.15) is 0 Å². The third-order valence-corrected chi connectivity index (χ3v) is 4.23. The first-order valence-corrected chi connectivity index (χ1v) is 7.98. The van der Waals surface area contributed by atoms with Crippen molar-refractivity contribution in [3.63, 3.8) is 0 Å². The van der Waals surface area contributed by atoms with Gasteiger partial charge in [0.2, 0.25) is 0 Å². The molecule has 0 amide bonds. The van der Waals surface area contributed by atoms with E-state index in [-0.39, 0.29) is 6.04 Å². The van der Waals surface area contributed by atoms with Gasteiger partial charge < -0.3 is 5.32 Å². The van der Waals surface area contributed by atoms with Crippen LogP contribution in [0, 0.1) is 0 Å². The third-order valence-electron chi connectivity index (χ3n) is 3.36.